The summed E-state index contributed by atoms with van der Waals surface area (Å²) in [4.78, 5) is 28.2. The van der Waals surface area contributed by atoms with E-state index in [1.807, 2.05) is 146 Å². The van der Waals surface area contributed by atoms with Gasteiger partial charge in [-0.05, 0) is 114 Å². The lowest BCUT2D eigenvalue weighted by Gasteiger charge is -2.11. The van der Waals surface area contributed by atoms with Crippen molar-refractivity contribution in [3.8, 4) is 56.7 Å². The minimum Gasteiger partial charge on any atom is -0.293 e. The first-order valence-electron chi connectivity index (χ1n) is 18.0. The topological polar surface area (TPSA) is 139 Å². The summed E-state index contributed by atoms with van der Waals surface area (Å²) in [6.07, 6.45) is 3.50. The van der Waals surface area contributed by atoms with Gasteiger partial charge in [0.1, 0.15) is 10.1 Å². The molecule has 0 radical (unpaired) electrons. The quantitative estimate of drug-likeness (QED) is 0.0841. The maximum atomic E-state index is 9.18. The van der Waals surface area contributed by atoms with E-state index in [0.29, 0.717) is 22.6 Å². The van der Waals surface area contributed by atoms with Crippen molar-refractivity contribution in [3.63, 3.8) is 0 Å². The van der Waals surface area contributed by atoms with Crippen molar-refractivity contribution in [2.24, 2.45) is 0 Å². The van der Waals surface area contributed by atoms with Gasteiger partial charge in [-0.2, -0.15) is 0 Å². The van der Waals surface area contributed by atoms with Gasteiger partial charge in [-0.1, -0.05) is 71.4 Å². The molecule has 0 spiro atoms. The molecule has 0 amide bonds. The number of hydrogen-bond donors (Lipinski definition) is 2. The molecule has 2 aromatic carbocycles. The molecular formula is C46H30N9S2+. The van der Waals surface area contributed by atoms with Crippen LogP contribution in [0, 0.1) is 10.8 Å². The summed E-state index contributed by atoms with van der Waals surface area (Å²) in [5, 5.41) is 20.2. The van der Waals surface area contributed by atoms with Crippen LogP contribution in [-0.4, -0.2) is 50.1 Å². The predicted octanol–water partition coefficient (Wildman–Crippen LogP) is 9.48. The van der Waals surface area contributed by atoms with Crippen LogP contribution in [0.25, 0.3) is 56.7 Å². The summed E-state index contributed by atoms with van der Waals surface area (Å²) >= 11 is 2.61. The van der Waals surface area contributed by atoms with Gasteiger partial charge in [0.2, 0.25) is 0 Å². The van der Waals surface area contributed by atoms with Crippen LogP contribution in [0.1, 0.15) is 22.5 Å². The van der Waals surface area contributed by atoms with Gasteiger partial charge in [0.25, 0.3) is 0 Å². The zero-order valence-corrected chi connectivity index (χ0v) is 31.7. The molecule has 6 aromatic heterocycles. The third-order valence-electron chi connectivity index (χ3n) is 8.98. The van der Waals surface area contributed by atoms with Crippen molar-refractivity contribution < 1.29 is 0 Å². The Balaban J connectivity index is 0.986. The second-order valence-electron chi connectivity index (χ2n) is 12.8. The highest BCUT2D eigenvalue weighted by Crippen LogP contribution is 2.31. The van der Waals surface area contributed by atoms with Crippen LogP contribution in [0.15, 0.2) is 170 Å². The van der Waals surface area contributed by atoms with E-state index in [1.54, 1.807) is 30.2 Å². The normalized spacial score (nSPS) is 11.9. The molecule has 270 valence electrons. The van der Waals surface area contributed by atoms with Crippen molar-refractivity contribution in [2.75, 3.05) is 0 Å². The second-order valence-corrected chi connectivity index (χ2v) is 14.8. The molecule has 11 heteroatoms. The van der Waals surface area contributed by atoms with E-state index in [4.69, 9.17) is 30.0 Å². The summed E-state index contributed by atoms with van der Waals surface area (Å²) in [5.74, 6) is 0. The standard InChI is InChI=1S/C46H30N9S2/c47-43(56-44(48)41-22-10-20-39(53-41)37-18-8-16-35(51-37)33-14-4-6-24-49-33)31-26-30(29-12-2-1-3-13-29)27-32(28-31)45-55-46(57-45)42-23-11-21-40(54-42)38-19-9-17-36(52-38)34-15-5-7-25-50-34/h1-28,47-48H/q+1. The van der Waals surface area contributed by atoms with Gasteiger partial charge in [0.15, 0.2) is 5.69 Å². The Morgan fingerprint density at radius 2 is 0.895 bits per heavy atom. The van der Waals surface area contributed by atoms with Crippen molar-refractivity contribution in [1.82, 2.24) is 34.6 Å². The Kier molecular flexibility index (Phi) is 9.91. The first-order valence-corrected chi connectivity index (χ1v) is 19.6. The molecule has 0 unspecified atom stereocenters. The summed E-state index contributed by atoms with van der Waals surface area (Å²) in [6.45, 7) is 0. The molecule has 0 fully saturated rings. The Hall–Kier alpha value is -7.17. The van der Waals surface area contributed by atoms with Gasteiger partial charge in [-0.15, -0.1) is 0 Å². The fraction of sp³-hybridized carbons (Fsp3) is 0. The van der Waals surface area contributed by atoms with E-state index in [9.17, 15) is 5.41 Å². The molecule has 7 heterocycles. The van der Waals surface area contributed by atoms with Crippen molar-refractivity contribution in [1.29, 1.82) is 10.8 Å². The lowest BCUT2D eigenvalue weighted by molar-refractivity contribution is 1.21. The molecule has 1 aliphatic heterocycles. The van der Waals surface area contributed by atoms with Gasteiger partial charge < -0.3 is 0 Å². The van der Waals surface area contributed by atoms with E-state index in [0.717, 1.165) is 78.4 Å². The zero-order valence-electron chi connectivity index (χ0n) is 30.1. The fourth-order valence-corrected chi connectivity index (χ4v) is 7.62. The third kappa shape index (κ3) is 7.85. The largest absolute Gasteiger partial charge is 0.399 e. The molecule has 2 N–H and O–H groups in total. The maximum absolute atomic E-state index is 9.18. The summed E-state index contributed by atoms with van der Waals surface area (Å²) in [7, 11) is 0. The SMILES string of the molecule is N=C(SC(=N)c1cccc(-c2cccc(-c3ccccn3)n2)n1)c1cc(C2=[N+]=C(c3cccc(-c4cccc(-c5ccccn5)n4)n3)S2)cc(-c2ccccc2)c1. The van der Waals surface area contributed by atoms with E-state index in [1.165, 1.54) is 0 Å². The molecule has 0 bridgehead atoms. The molecule has 1 aliphatic rings. The number of thioether (sulfide) groups is 2. The van der Waals surface area contributed by atoms with Crippen molar-refractivity contribution in [2.45, 2.75) is 0 Å². The molecule has 8 aromatic rings. The molecular weight excluding hydrogens is 743 g/mol. The predicted molar refractivity (Wildman–Crippen MR) is 232 cm³/mol. The smallest absolute Gasteiger partial charge is 0.293 e. The van der Waals surface area contributed by atoms with E-state index < -0.39 is 0 Å². The summed E-state index contributed by atoms with van der Waals surface area (Å²) in [5.41, 5.74) is 10.7. The van der Waals surface area contributed by atoms with Gasteiger partial charge in [0.05, 0.1) is 68.6 Å². The maximum Gasteiger partial charge on any atom is 0.399 e. The molecule has 0 aliphatic carbocycles. The summed E-state index contributed by atoms with van der Waals surface area (Å²) < 4.78 is 4.93. The number of hydrogen-bond acceptors (Lipinski definition) is 10. The zero-order chi connectivity index (χ0) is 38.6. The van der Waals surface area contributed by atoms with Crippen LogP contribution in [0.5, 0.6) is 0 Å². The van der Waals surface area contributed by atoms with E-state index >= 15 is 0 Å². The molecule has 57 heavy (non-hydrogen) atoms. The van der Waals surface area contributed by atoms with Crippen molar-refractivity contribution in [3.05, 3.63) is 193 Å². The number of benzene rings is 2. The fourth-order valence-electron chi connectivity index (χ4n) is 6.19. The van der Waals surface area contributed by atoms with Crippen LogP contribution in [0.4, 0.5) is 0 Å². The van der Waals surface area contributed by atoms with Crippen LogP contribution in [0.3, 0.4) is 0 Å². The van der Waals surface area contributed by atoms with Gasteiger partial charge >= 0.3 is 10.1 Å². The highest BCUT2D eigenvalue weighted by atomic mass is 32.2. The minimum atomic E-state index is 0.159. The Bertz CT molecular complexity index is 2880. The van der Waals surface area contributed by atoms with E-state index in [2.05, 4.69) is 16.0 Å². The number of nitrogens with one attached hydrogen (secondary N) is 2. The number of nitrogens with zero attached hydrogens (tertiary/aromatic N) is 7. The number of rotatable bonds is 9. The van der Waals surface area contributed by atoms with Crippen molar-refractivity contribution >= 4 is 43.7 Å². The average molecular weight is 773 g/mol. The third-order valence-corrected chi connectivity index (χ3v) is 10.8. The first kappa shape index (κ1) is 35.5. The number of aromatic nitrogens is 6. The molecule has 0 atom stereocenters. The lowest BCUT2D eigenvalue weighted by Crippen LogP contribution is -2.20. The second kappa shape index (κ2) is 15.9. The highest BCUT2D eigenvalue weighted by Gasteiger charge is 2.36. The molecule has 9 nitrogen and oxygen atoms in total. The summed E-state index contributed by atoms with van der Waals surface area (Å²) in [6, 6.07) is 50.6. The molecule has 0 saturated carbocycles. The van der Waals surface area contributed by atoms with Crippen LogP contribution in [0.2, 0.25) is 0 Å². The highest BCUT2D eigenvalue weighted by molar-refractivity contribution is 8.28. The Morgan fingerprint density at radius 3 is 1.47 bits per heavy atom. The lowest BCUT2D eigenvalue weighted by atomic mass is 10.0. The Labute approximate surface area is 336 Å². The Morgan fingerprint density at radius 1 is 0.421 bits per heavy atom. The molecule has 9 rings (SSSR count). The number of pyridine rings is 6. The van der Waals surface area contributed by atoms with Crippen LogP contribution in [-0.2, 0) is 0 Å². The minimum absolute atomic E-state index is 0.159. The molecule has 0 saturated heterocycles. The van der Waals surface area contributed by atoms with Gasteiger partial charge in [-0.25, -0.2) is 19.9 Å². The van der Waals surface area contributed by atoms with E-state index in [-0.39, 0.29) is 10.1 Å². The van der Waals surface area contributed by atoms with Crippen LogP contribution >= 0.6 is 23.5 Å². The average Bonchev–Trinajstić information content (AvgIpc) is 3.27. The first-order chi connectivity index (χ1) is 28.0. The van der Waals surface area contributed by atoms with Gasteiger partial charge in [-0.3, -0.25) is 20.8 Å². The van der Waals surface area contributed by atoms with Gasteiger partial charge in [0, 0.05) is 18.0 Å². The monoisotopic (exact) mass is 772 g/mol. The van der Waals surface area contributed by atoms with Crippen LogP contribution < -0.4 is 4.67 Å².